The Balaban J connectivity index is 1.53. The van der Waals surface area contributed by atoms with Gasteiger partial charge in [-0.1, -0.05) is 38.6 Å². The summed E-state index contributed by atoms with van der Waals surface area (Å²) in [5.41, 5.74) is 1.50. The number of pyridine rings is 1. The molecule has 1 aromatic rings. The molecule has 3 saturated carbocycles. The van der Waals surface area contributed by atoms with Crippen LogP contribution in [0.2, 0.25) is 0 Å². The molecule has 1 N–H and O–H groups in total. The summed E-state index contributed by atoms with van der Waals surface area (Å²) in [6.45, 7) is 5.00. The van der Waals surface area contributed by atoms with Crippen LogP contribution in [0.5, 0.6) is 0 Å². The van der Waals surface area contributed by atoms with Gasteiger partial charge in [0.1, 0.15) is 0 Å². The first-order chi connectivity index (χ1) is 13.4. The summed E-state index contributed by atoms with van der Waals surface area (Å²) < 4.78 is 0. The number of hydrogen-bond acceptors (Lipinski definition) is 3. The maximum absolute atomic E-state index is 12.6. The van der Waals surface area contributed by atoms with Crippen molar-refractivity contribution in [2.45, 2.75) is 71.3 Å². The van der Waals surface area contributed by atoms with E-state index in [1.165, 1.54) is 38.5 Å². The van der Waals surface area contributed by atoms with Crippen LogP contribution in [0.4, 0.5) is 0 Å². The number of carbonyl (C=O) groups is 1. The zero-order chi connectivity index (χ0) is 19.5. The normalized spacial score (nSPS) is 44.8. The number of thiocarbonyl (C=S) groups is 1. The van der Waals surface area contributed by atoms with Crippen molar-refractivity contribution in [3.63, 3.8) is 0 Å². The van der Waals surface area contributed by atoms with Gasteiger partial charge in [-0.05, 0) is 79.2 Å². The molecule has 5 rings (SSSR count). The van der Waals surface area contributed by atoms with Crippen LogP contribution in [0, 0.1) is 34.5 Å². The number of carbonyl (C=O) groups excluding carboxylic acids is 1. The predicted molar refractivity (Wildman–Crippen MR) is 115 cm³/mol. The third kappa shape index (κ3) is 2.63. The highest BCUT2D eigenvalue weighted by Crippen LogP contribution is 2.65. The van der Waals surface area contributed by atoms with Crippen molar-refractivity contribution < 1.29 is 4.79 Å². The predicted octanol–water partition coefficient (Wildman–Crippen LogP) is 4.94. The van der Waals surface area contributed by atoms with Crippen LogP contribution in [0.15, 0.2) is 24.4 Å². The molecule has 1 saturated heterocycles. The Bertz CT molecular complexity index is 795. The molecule has 0 spiro atoms. The number of fused-ring (bicyclic) bond motifs is 5. The number of hydrogen-bond donors (Lipinski definition) is 1. The monoisotopic (exact) mass is 396 g/mol. The SMILES string of the molecule is C[C@@]12CCC[C@H]1[C@@H]1CC[C@H]3NC(=O)CC(C(=S)c4ccccn4)[C@]3(C)[C@H]1CC2. The van der Waals surface area contributed by atoms with Gasteiger partial charge in [0.05, 0.1) is 5.69 Å². The Hall–Kier alpha value is -1.29. The van der Waals surface area contributed by atoms with Crippen molar-refractivity contribution in [1.82, 2.24) is 10.3 Å². The number of piperidine rings is 1. The van der Waals surface area contributed by atoms with Crippen LogP contribution in [0.25, 0.3) is 0 Å². The highest BCUT2D eigenvalue weighted by molar-refractivity contribution is 7.80. The van der Waals surface area contributed by atoms with Crippen LogP contribution in [0.1, 0.15) is 70.9 Å². The third-order valence-corrected chi connectivity index (χ3v) is 9.76. The summed E-state index contributed by atoms with van der Waals surface area (Å²) in [6.07, 6.45) is 11.6. The number of nitrogens with zero attached hydrogens (tertiary/aromatic N) is 1. The highest BCUT2D eigenvalue weighted by Gasteiger charge is 2.61. The fourth-order valence-electron chi connectivity index (χ4n) is 7.83. The van der Waals surface area contributed by atoms with Crippen molar-refractivity contribution in [1.29, 1.82) is 0 Å². The first-order valence-electron chi connectivity index (χ1n) is 11.2. The van der Waals surface area contributed by atoms with Crippen molar-refractivity contribution >= 4 is 23.0 Å². The summed E-state index contributed by atoms with van der Waals surface area (Å²) >= 11 is 6.00. The van der Waals surface area contributed by atoms with E-state index in [0.29, 0.717) is 17.8 Å². The molecule has 3 nitrogen and oxygen atoms in total. The Morgan fingerprint density at radius 1 is 1.14 bits per heavy atom. The van der Waals surface area contributed by atoms with Gasteiger partial charge in [0.2, 0.25) is 5.91 Å². The van der Waals surface area contributed by atoms with E-state index >= 15 is 0 Å². The molecule has 1 amide bonds. The van der Waals surface area contributed by atoms with Crippen LogP contribution >= 0.6 is 12.2 Å². The zero-order valence-corrected chi connectivity index (χ0v) is 17.9. The second-order valence-electron chi connectivity index (χ2n) is 10.4. The second kappa shape index (κ2) is 6.62. The Labute approximate surface area is 174 Å². The summed E-state index contributed by atoms with van der Waals surface area (Å²) in [7, 11) is 0. The summed E-state index contributed by atoms with van der Waals surface area (Å²) in [4.78, 5) is 18.1. The van der Waals surface area contributed by atoms with Gasteiger partial charge < -0.3 is 5.32 Å². The zero-order valence-electron chi connectivity index (χ0n) is 17.1. The standard InChI is InChI=1S/C24H32N2OS/c1-23-11-5-6-16(23)15-8-9-20-24(2,17(15)10-12-23)18(14-21(27)26-20)22(28)19-7-3-4-13-25-19/h3-4,7,13,15-18,20H,5-6,8-12,14H2,1-2H3,(H,26,27)/t15-,16-,17-,18?,20+,23-,24-/m0/s1. The van der Waals surface area contributed by atoms with Crippen molar-refractivity contribution in [2.75, 3.05) is 0 Å². The molecule has 4 heteroatoms. The molecule has 4 aliphatic rings. The van der Waals surface area contributed by atoms with Gasteiger partial charge in [0.15, 0.2) is 0 Å². The van der Waals surface area contributed by atoms with Crippen molar-refractivity contribution in [3.05, 3.63) is 30.1 Å². The molecule has 0 aromatic carbocycles. The van der Waals surface area contributed by atoms with Gasteiger partial charge in [0.25, 0.3) is 0 Å². The molecule has 0 bridgehead atoms. The molecule has 7 atom stereocenters. The molecule has 0 radical (unpaired) electrons. The van der Waals surface area contributed by atoms with Crippen LogP contribution in [-0.2, 0) is 4.79 Å². The molecule has 150 valence electrons. The molecule has 4 fully saturated rings. The smallest absolute Gasteiger partial charge is 0.220 e. The fourth-order valence-corrected chi connectivity index (χ4v) is 8.29. The second-order valence-corrected chi connectivity index (χ2v) is 10.8. The minimum absolute atomic E-state index is 0.0509. The first kappa shape index (κ1) is 18.7. The van der Waals surface area contributed by atoms with Gasteiger partial charge >= 0.3 is 0 Å². The lowest BCUT2D eigenvalue weighted by atomic mass is 9.45. The van der Waals surface area contributed by atoms with Crippen LogP contribution in [-0.4, -0.2) is 21.8 Å². The highest BCUT2D eigenvalue weighted by atomic mass is 32.1. The molecule has 1 aliphatic heterocycles. The topological polar surface area (TPSA) is 42.0 Å². The number of nitrogens with one attached hydrogen (secondary N) is 1. The average Bonchev–Trinajstić information content (AvgIpc) is 3.10. The van der Waals surface area contributed by atoms with E-state index in [1.54, 1.807) is 0 Å². The average molecular weight is 397 g/mol. The Morgan fingerprint density at radius 3 is 2.79 bits per heavy atom. The summed E-state index contributed by atoms with van der Waals surface area (Å²) in [6, 6.07) is 6.21. The lowest BCUT2D eigenvalue weighted by Gasteiger charge is -2.62. The molecular formula is C24H32N2OS. The molecule has 2 heterocycles. The summed E-state index contributed by atoms with van der Waals surface area (Å²) in [5.74, 6) is 2.62. The van der Waals surface area contributed by atoms with Gasteiger partial charge in [-0.3, -0.25) is 9.78 Å². The lowest BCUT2D eigenvalue weighted by molar-refractivity contribution is -0.140. The quantitative estimate of drug-likeness (QED) is 0.569. The molecule has 28 heavy (non-hydrogen) atoms. The minimum atomic E-state index is 0.0509. The van der Waals surface area contributed by atoms with Gasteiger partial charge in [0, 0.05) is 29.4 Å². The van der Waals surface area contributed by atoms with Gasteiger partial charge in [-0.2, -0.15) is 0 Å². The number of amides is 1. The van der Waals surface area contributed by atoms with E-state index < -0.39 is 0 Å². The first-order valence-corrected chi connectivity index (χ1v) is 11.6. The van der Waals surface area contributed by atoms with E-state index in [9.17, 15) is 4.79 Å². The van der Waals surface area contributed by atoms with E-state index in [-0.39, 0.29) is 23.3 Å². The van der Waals surface area contributed by atoms with E-state index in [1.807, 2.05) is 24.4 Å². The molecule has 1 aromatic heterocycles. The molecular weight excluding hydrogens is 364 g/mol. The number of aromatic nitrogens is 1. The largest absolute Gasteiger partial charge is 0.353 e. The number of rotatable bonds is 2. The Kier molecular flexibility index (Phi) is 4.42. The Morgan fingerprint density at radius 2 is 2.00 bits per heavy atom. The van der Waals surface area contributed by atoms with Crippen molar-refractivity contribution in [2.24, 2.45) is 34.5 Å². The van der Waals surface area contributed by atoms with Crippen LogP contribution in [0.3, 0.4) is 0 Å². The van der Waals surface area contributed by atoms with E-state index in [2.05, 4.69) is 24.1 Å². The van der Waals surface area contributed by atoms with Gasteiger partial charge in [-0.15, -0.1) is 0 Å². The molecule has 3 aliphatic carbocycles. The van der Waals surface area contributed by atoms with Crippen molar-refractivity contribution in [3.8, 4) is 0 Å². The summed E-state index contributed by atoms with van der Waals surface area (Å²) in [5, 5.41) is 3.38. The fraction of sp³-hybridized carbons (Fsp3) is 0.708. The maximum Gasteiger partial charge on any atom is 0.220 e. The van der Waals surface area contributed by atoms with Gasteiger partial charge in [-0.25, -0.2) is 0 Å². The van der Waals surface area contributed by atoms with E-state index in [0.717, 1.165) is 28.8 Å². The van der Waals surface area contributed by atoms with Crippen LogP contribution < -0.4 is 5.32 Å². The van der Waals surface area contributed by atoms with E-state index in [4.69, 9.17) is 12.2 Å². The molecule has 1 unspecified atom stereocenters. The maximum atomic E-state index is 12.6. The minimum Gasteiger partial charge on any atom is -0.353 e. The third-order valence-electron chi connectivity index (χ3n) is 9.27. The lowest BCUT2D eigenvalue weighted by Crippen LogP contribution is -2.65.